The molecule has 2 N–H and O–H groups in total. The lowest BCUT2D eigenvalue weighted by Crippen LogP contribution is -3.10. The van der Waals surface area contributed by atoms with Gasteiger partial charge in [0.25, 0.3) is 11.5 Å². The summed E-state index contributed by atoms with van der Waals surface area (Å²) in [5.41, 5.74) is 0.815. The van der Waals surface area contributed by atoms with Crippen molar-refractivity contribution in [1.82, 2.24) is 14.9 Å². The smallest absolute Gasteiger partial charge is 0.277 e. The Kier molecular flexibility index (Phi) is 5.03. The second-order valence-corrected chi connectivity index (χ2v) is 8.10. The molecule has 6 nitrogen and oxygen atoms in total. The van der Waals surface area contributed by atoms with Crippen LogP contribution in [-0.4, -0.2) is 48.5 Å². The van der Waals surface area contributed by atoms with E-state index < -0.39 is 0 Å². The minimum atomic E-state index is -0.122. The average Bonchev–Trinajstić information content (AvgIpc) is 3.22. The fourth-order valence-corrected chi connectivity index (χ4v) is 4.34. The summed E-state index contributed by atoms with van der Waals surface area (Å²) in [6, 6.07) is 3.89. The highest BCUT2D eigenvalue weighted by Crippen LogP contribution is 2.33. The van der Waals surface area contributed by atoms with Crippen molar-refractivity contribution in [3.05, 3.63) is 39.1 Å². The summed E-state index contributed by atoms with van der Waals surface area (Å²) in [5.74, 6) is 0.657. The maximum absolute atomic E-state index is 12.7. The molecule has 0 saturated heterocycles. The molecule has 3 heterocycles. The van der Waals surface area contributed by atoms with Gasteiger partial charge in [0, 0.05) is 29.9 Å². The minimum absolute atomic E-state index is 0.0453. The highest BCUT2D eigenvalue weighted by molar-refractivity contribution is 7.18. The first-order chi connectivity index (χ1) is 11.9. The van der Waals surface area contributed by atoms with Gasteiger partial charge in [-0.05, 0) is 18.4 Å². The van der Waals surface area contributed by atoms with E-state index in [1.165, 1.54) is 11.3 Å². The van der Waals surface area contributed by atoms with Gasteiger partial charge in [-0.1, -0.05) is 6.07 Å². The van der Waals surface area contributed by atoms with Crippen molar-refractivity contribution in [1.29, 1.82) is 0 Å². The molecule has 3 aromatic heterocycles. The third-order valence-corrected chi connectivity index (χ3v) is 6.10. The molecule has 25 heavy (non-hydrogen) atoms. The van der Waals surface area contributed by atoms with Gasteiger partial charge < -0.3 is 14.8 Å². The van der Waals surface area contributed by atoms with Gasteiger partial charge in [0.1, 0.15) is 10.9 Å². The maximum atomic E-state index is 12.7. The van der Waals surface area contributed by atoms with E-state index in [-0.39, 0.29) is 17.5 Å². The summed E-state index contributed by atoms with van der Waals surface area (Å²) in [5, 5.41) is 4.63. The number of aromatic amines is 1. The van der Waals surface area contributed by atoms with E-state index in [4.69, 9.17) is 0 Å². The molecule has 2 atom stereocenters. The Bertz CT molecular complexity index is 943. The standard InChI is InChI=1S/C17H20N4O2S2/c1-10(21(4)8-13(22)20(2)3)15-18-16(23)14-11(9-25-17(14)19-15)12-6-5-7-24-12/h5-7,9-10H,8H2,1-4H3,(H,18,19,23)/p+1/t10-/m0/s1. The van der Waals surface area contributed by atoms with Crippen LogP contribution in [0.15, 0.2) is 27.7 Å². The van der Waals surface area contributed by atoms with E-state index in [9.17, 15) is 9.59 Å². The van der Waals surface area contributed by atoms with Crippen LogP contribution in [0, 0.1) is 0 Å². The number of hydrogen-bond acceptors (Lipinski definition) is 5. The van der Waals surface area contributed by atoms with Crippen LogP contribution in [0.5, 0.6) is 0 Å². The number of rotatable bonds is 5. The number of carbonyl (C=O) groups excluding carboxylic acids is 1. The van der Waals surface area contributed by atoms with Crippen molar-refractivity contribution < 1.29 is 9.69 Å². The Labute approximate surface area is 153 Å². The largest absolute Gasteiger partial charge is 0.344 e. The molecule has 0 fully saturated rings. The summed E-state index contributed by atoms with van der Waals surface area (Å²) in [4.78, 5) is 36.5. The van der Waals surface area contributed by atoms with Crippen LogP contribution in [0.25, 0.3) is 20.7 Å². The Morgan fingerprint density at radius 2 is 2.16 bits per heavy atom. The number of likely N-dealkylation sites (N-methyl/N-ethyl adjacent to an activating group) is 2. The maximum Gasteiger partial charge on any atom is 0.277 e. The zero-order chi connectivity index (χ0) is 18.1. The van der Waals surface area contributed by atoms with Crippen LogP contribution in [0.2, 0.25) is 0 Å². The van der Waals surface area contributed by atoms with Gasteiger partial charge >= 0.3 is 0 Å². The Morgan fingerprint density at radius 3 is 2.80 bits per heavy atom. The monoisotopic (exact) mass is 377 g/mol. The first-order valence-corrected chi connectivity index (χ1v) is 9.72. The molecule has 0 saturated carbocycles. The number of hydrogen-bond donors (Lipinski definition) is 2. The van der Waals surface area contributed by atoms with Gasteiger partial charge in [-0.2, -0.15) is 0 Å². The van der Waals surface area contributed by atoms with Gasteiger partial charge in [0.2, 0.25) is 0 Å². The number of thiophene rings is 2. The average molecular weight is 378 g/mol. The lowest BCUT2D eigenvalue weighted by molar-refractivity contribution is -0.903. The van der Waals surface area contributed by atoms with Gasteiger partial charge in [0.05, 0.1) is 12.4 Å². The van der Waals surface area contributed by atoms with Crippen LogP contribution in [0.3, 0.4) is 0 Å². The van der Waals surface area contributed by atoms with Crippen LogP contribution in [0.1, 0.15) is 18.8 Å². The molecule has 3 rings (SSSR count). The molecule has 0 spiro atoms. The second-order valence-electron chi connectivity index (χ2n) is 6.29. The molecule has 0 radical (unpaired) electrons. The SMILES string of the molecule is C[C@@H](c1nc2scc(-c3cccs3)c2c(=O)[nH]1)[NH+](C)CC(=O)N(C)C. The molecule has 132 valence electrons. The first-order valence-electron chi connectivity index (χ1n) is 7.96. The molecule has 1 unspecified atom stereocenters. The lowest BCUT2D eigenvalue weighted by Gasteiger charge is -2.21. The van der Waals surface area contributed by atoms with E-state index in [2.05, 4.69) is 9.97 Å². The van der Waals surface area contributed by atoms with Crippen molar-refractivity contribution in [2.24, 2.45) is 0 Å². The van der Waals surface area contributed by atoms with Crippen molar-refractivity contribution in [2.45, 2.75) is 13.0 Å². The Hall–Kier alpha value is -2.03. The van der Waals surface area contributed by atoms with Crippen molar-refractivity contribution >= 4 is 38.8 Å². The number of nitrogens with zero attached hydrogens (tertiary/aromatic N) is 2. The van der Waals surface area contributed by atoms with Gasteiger partial charge in [-0.25, -0.2) is 4.98 Å². The predicted octanol–water partition coefficient (Wildman–Crippen LogP) is 1.38. The zero-order valence-corrected chi connectivity index (χ0v) is 16.3. The fraction of sp³-hybridized carbons (Fsp3) is 0.353. The van der Waals surface area contributed by atoms with Gasteiger partial charge in [0.15, 0.2) is 12.4 Å². The van der Waals surface area contributed by atoms with E-state index in [1.54, 1.807) is 30.3 Å². The molecule has 8 heteroatoms. The van der Waals surface area contributed by atoms with Crippen molar-refractivity contribution in [3.8, 4) is 10.4 Å². The number of H-pyrrole nitrogens is 1. The molecule has 3 aromatic rings. The Morgan fingerprint density at radius 1 is 1.40 bits per heavy atom. The van der Waals surface area contributed by atoms with E-state index in [0.717, 1.165) is 20.2 Å². The second kappa shape index (κ2) is 7.07. The topological polar surface area (TPSA) is 70.5 Å². The number of carbonyl (C=O) groups is 1. The number of quaternary nitrogens is 1. The van der Waals surface area contributed by atoms with E-state index in [1.807, 2.05) is 36.9 Å². The summed E-state index contributed by atoms with van der Waals surface area (Å²) < 4.78 is 0. The van der Waals surface area contributed by atoms with E-state index in [0.29, 0.717) is 17.8 Å². The van der Waals surface area contributed by atoms with E-state index >= 15 is 0 Å². The zero-order valence-electron chi connectivity index (χ0n) is 14.6. The summed E-state index contributed by atoms with van der Waals surface area (Å²) in [6.45, 7) is 2.32. The number of amides is 1. The molecule has 1 amide bonds. The van der Waals surface area contributed by atoms with Crippen LogP contribution >= 0.6 is 22.7 Å². The number of nitrogens with one attached hydrogen (secondary N) is 2. The molecule has 0 aliphatic rings. The third kappa shape index (κ3) is 3.51. The molecule has 0 aliphatic heterocycles. The van der Waals surface area contributed by atoms with Crippen molar-refractivity contribution in [2.75, 3.05) is 27.7 Å². The fourth-order valence-electron chi connectivity index (χ4n) is 2.57. The first kappa shape index (κ1) is 17.8. The molecular weight excluding hydrogens is 356 g/mol. The van der Waals surface area contributed by atoms with Crippen LogP contribution in [-0.2, 0) is 4.79 Å². The molecule has 0 bridgehead atoms. The normalized spacial score (nSPS) is 13.8. The predicted molar refractivity (Wildman–Crippen MR) is 102 cm³/mol. The lowest BCUT2D eigenvalue weighted by atomic mass is 10.2. The summed E-state index contributed by atoms with van der Waals surface area (Å²) >= 11 is 3.09. The van der Waals surface area contributed by atoms with Gasteiger partial charge in [-0.15, -0.1) is 22.7 Å². The molecular formula is C17H21N4O2S2+. The highest BCUT2D eigenvalue weighted by Gasteiger charge is 2.23. The number of aromatic nitrogens is 2. The highest BCUT2D eigenvalue weighted by atomic mass is 32.1. The number of fused-ring (bicyclic) bond motifs is 1. The minimum Gasteiger partial charge on any atom is -0.344 e. The van der Waals surface area contributed by atoms with Crippen LogP contribution < -0.4 is 10.5 Å². The molecule has 0 aromatic carbocycles. The third-order valence-electron chi connectivity index (χ3n) is 4.33. The Balaban J connectivity index is 1.94. The van der Waals surface area contributed by atoms with Crippen LogP contribution in [0.4, 0.5) is 0 Å². The quantitative estimate of drug-likeness (QED) is 0.706. The summed E-state index contributed by atoms with van der Waals surface area (Å²) in [7, 11) is 5.41. The molecule has 0 aliphatic carbocycles. The van der Waals surface area contributed by atoms with Gasteiger partial charge in [-0.3, -0.25) is 9.59 Å². The van der Waals surface area contributed by atoms with Crippen molar-refractivity contribution in [3.63, 3.8) is 0 Å². The summed E-state index contributed by atoms with van der Waals surface area (Å²) in [6.07, 6.45) is 0.